The predicted molar refractivity (Wildman–Crippen MR) is 119 cm³/mol. The minimum atomic E-state index is -0.500. The van der Waals surface area contributed by atoms with E-state index < -0.39 is 11.6 Å². The van der Waals surface area contributed by atoms with Gasteiger partial charge in [-0.25, -0.2) is 9.59 Å². The summed E-state index contributed by atoms with van der Waals surface area (Å²) in [6.07, 6.45) is 3.08. The highest BCUT2D eigenvalue weighted by Crippen LogP contribution is 2.33. The van der Waals surface area contributed by atoms with Crippen molar-refractivity contribution in [1.82, 2.24) is 0 Å². The van der Waals surface area contributed by atoms with Gasteiger partial charge >= 0.3 is 11.6 Å². The van der Waals surface area contributed by atoms with Gasteiger partial charge in [-0.3, -0.25) is 0 Å². The average molecular weight is 396 g/mol. The van der Waals surface area contributed by atoms with E-state index in [1.54, 1.807) is 25.1 Å². The Morgan fingerprint density at radius 1 is 0.933 bits per heavy atom. The fourth-order valence-electron chi connectivity index (χ4n) is 3.29. The molecule has 4 aromatic rings. The number of benzene rings is 3. The third-order valence-corrected chi connectivity index (χ3v) is 4.90. The second-order valence-corrected chi connectivity index (χ2v) is 7.08. The predicted octanol–water partition coefficient (Wildman–Crippen LogP) is 5.70. The van der Waals surface area contributed by atoms with Crippen molar-refractivity contribution in [1.29, 1.82) is 0 Å². The second-order valence-electron chi connectivity index (χ2n) is 7.08. The van der Waals surface area contributed by atoms with Gasteiger partial charge in [0.2, 0.25) is 0 Å². The van der Waals surface area contributed by atoms with Gasteiger partial charge in [0.05, 0.1) is 0 Å². The molecule has 0 fully saturated rings. The van der Waals surface area contributed by atoms with Crippen LogP contribution in [0, 0.1) is 13.8 Å². The maximum Gasteiger partial charge on any atom is 0.336 e. The summed E-state index contributed by atoms with van der Waals surface area (Å²) >= 11 is 0. The van der Waals surface area contributed by atoms with Gasteiger partial charge in [-0.2, -0.15) is 0 Å². The lowest BCUT2D eigenvalue weighted by atomic mass is 10.0. The summed E-state index contributed by atoms with van der Waals surface area (Å²) in [7, 11) is 0. The lowest BCUT2D eigenvalue weighted by molar-refractivity contribution is -0.128. The molecular weight excluding hydrogens is 376 g/mol. The van der Waals surface area contributed by atoms with E-state index in [-0.39, 0.29) is 0 Å². The molecule has 0 aliphatic heterocycles. The molecule has 4 nitrogen and oxygen atoms in total. The Balaban J connectivity index is 1.66. The minimum Gasteiger partial charge on any atom is -0.423 e. The van der Waals surface area contributed by atoms with Crippen LogP contribution in [-0.2, 0) is 4.79 Å². The van der Waals surface area contributed by atoms with E-state index in [0.717, 1.165) is 27.6 Å². The monoisotopic (exact) mass is 396 g/mol. The molecule has 4 heteroatoms. The highest BCUT2D eigenvalue weighted by Gasteiger charge is 2.14. The highest BCUT2D eigenvalue weighted by atomic mass is 16.5. The van der Waals surface area contributed by atoms with Crippen molar-refractivity contribution < 1.29 is 13.9 Å². The standard InChI is InChI=1S/C26H20O4/c1-17-8-10-19(11-9-17)12-15-24(27)29-23-14-13-21-22(20-6-4-3-5-7-20)16-25(28)30-26(21)18(23)2/h3-16H,1-2H3. The Bertz CT molecular complexity index is 1300. The Hall–Kier alpha value is -3.92. The fourth-order valence-corrected chi connectivity index (χ4v) is 3.29. The molecule has 0 radical (unpaired) electrons. The molecule has 0 atom stereocenters. The number of fused-ring (bicyclic) bond motifs is 1. The molecule has 1 heterocycles. The lowest BCUT2D eigenvalue weighted by Crippen LogP contribution is -2.06. The van der Waals surface area contributed by atoms with Crippen molar-refractivity contribution in [2.75, 3.05) is 0 Å². The normalized spacial score (nSPS) is 11.1. The molecule has 0 aliphatic rings. The smallest absolute Gasteiger partial charge is 0.336 e. The molecule has 30 heavy (non-hydrogen) atoms. The quantitative estimate of drug-likeness (QED) is 0.192. The van der Waals surface area contributed by atoms with E-state index in [1.165, 1.54) is 12.1 Å². The molecule has 0 unspecified atom stereocenters. The second kappa shape index (κ2) is 8.21. The molecule has 0 spiro atoms. The van der Waals surface area contributed by atoms with Crippen molar-refractivity contribution in [3.8, 4) is 16.9 Å². The van der Waals surface area contributed by atoms with Gasteiger partial charge in [-0.05, 0) is 48.7 Å². The maximum atomic E-state index is 12.3. The Morgan fingerprint density at radius 3 is 2.40 bits per heavy atom. The molecule has 1 aromatic heterocycles. The van der Waals surface area contributed by atoms with Gasteiger partial charge < -0.3 is 9.15 Å². The van der Waals surface area contributed by atoms with Crippen LogP contribution in [0.2, 0.25) is 0 Å². The molecule has 0 aliphatic carbocycles. The Morgan fingerprint density at radius 2 is 1.67 bits per heavy atom. The summed E-state index contributed by atoms with van der Waals surface area (Å²) in [5.74, 6) is -0.144. The van der Waals surface area contributed by atoms with Crippen molar-refractivity contribution in [2.45, 2.75) is 13.8 Å². The third-order valence-electron chi connectivity index (χ3n) is 4.90. The summed E-state index contributed by atoms with van der Waals surface area (Å²) in [5.41, 5.74) is 4.31. The summed E-state index contributed by atoms with van der Waals surface area (Å²) in [6.45, 7) is 3.78. The summed E-state index contributed by atoms with van der Waals surface area (Å²) in [4.78, 5) is 24.5. The van der Waals surface area contributed by atoms with Crippen LogP contribution in [-0.4, -0.2) is 5.97 Å². The van der Waals surface area contributed by atoms with Crippen molar-refractivity contribution >= 4 is 23.0 Å². The van der Waals surface area contributed by atoms with Crippen molar-refractivity contribution in [2.24, 2.45) is 0 Å². The highest BCUT2D eigenvalue weighted by molar-refractivity contribution is 5.96. The Labute approximate surface area is 174 Å². The average Bonchev–Trinajstić information content (AvgIpc) is 2.76. The number of carbonyl (C=O) groups is 1. The third kappa shape index (κ3) is 4.08. The summed E-state index contributed by atoms with van der Waals surface area (Å²) in [5, 5.41) is 0.785. The SMILES string of the molecule is Cc1ccc(C=CC(=O)Oc2ccc3c(-c4ccccc4)cc(=O)oc3c2C)cc1. The van der Waals surface area contributed by atoms with Crippen LogP contribution in [0.25, 0.3) is 28.2 Å². The zero-order valence-corrected chi connectivity index (χ0v) is 16.7. The molecule has 3 aromatic carbocycles. The zero-order valence-electron chi connectivity index (χ0n) is 16.7. The van der Waals surface area contributed by atoms with Gasteiger partial charge in [-0.15, -0.1) is 0 Å². The first kappa shape index (κ1) is 19.4. The molecular formula is C26H20O4. The molecule has 0 bridgehead atoms. The van der Waals surface area contributed by atoms with Crippen molar-refractivity contribution in [3.05, 3.63) is 106 Å². The molecule has 4 rings (SSSR count). The van der Waals surface area contributed by atoms with Crippen LogP contribution in [0.1, 0.15) is 16.7 Å². The molecule has 0 N–H and O–H groups in total. The zero-order chi connectivity index (χ0) is 21.1. The first-order valence-corrected chi connectivity index (χ1v) is 9.61. The van der Waals surface area contributed by atoms with E-state index in [0.29, 0.717) is 16.9 Å². The largest absolute Gasteiger partial charge is 0.423 e. The van der Waals surface area contributed by atoms with Crippen LogP contribution >= 0.6 is 0 Å². The Kier molecular flexibility index (Phi) is 5.31. The number of hydrogen-bond acceptors (Lipinski definition) is 4. The van der Waals surface area contributed by atoms with Crippen LogP contribution in [0.3, 0.4) is 0 Å². The van der Waals surface area contributed by atoms with Gasteiger partial charge in [0.1, 0.15) is 11.3 Å². The lowest BCUT2D eigenvalue weighted by Gasteiger charge is -2.11. The molecule has 148 valence electrons. The fraction of sp³-hybridized carbons (Fsp3) is 0.0769. The summed E-state index contributed by atoms with van der Waals surface area (Å²) in [6, 6.07) is 22.5. The number of ether oxygens (including phenoxy) is 1. The van der Waals surface area contributed by atoms with E-state index in [1.807, 2.05) is 61.5 Å². The van der Waals surface area contributed by atoms with Gasteiger partial charge in [0.25, 0.3) is 0 Å². The molecule has 0 saturated heterocycles. The van der Waals surface area contributed by atoms with Crippen LogP contribution in [0.15, 0.2) is 88.1 Å². The van der Waals surface area contributed by atoms with Gasteiger partial charge in [-0.1, -0.05) is 60.2 Å². The number of hydrogen-bond donors (Lipinski definition) is 0. The van der Waals surface area contributed by atoms with Gasteiger partial charge in [0, 0.05) is 23.1 Å². The number of aryl methyl sites for hydroxylation is 2. The van der Waals surface area contributed by atoms with E-state index in [9.17, 15) is 9.59 Å². The van der Waals surface area contributed by atoms with Crippen molar-refractivity contribution in [3.63, 3.8) is 0 Å². The maximum absolute atomic E-state index is 12.3. The molecule has 0 saturated carbocycles. The number of carbonyl (C=O) groups excluding carboxylic acids is 1. The van der Waals surface area contributed by atoms with Crippen LogP contribution in [0.5, 0.6) is 5.75 Å². The minimum absolute atomic E-state index is 0.356. The first-order valence-electron chi connectivity index (χ1n) is 9.61. The number of esters is 1. The van der Waals surface area contributed by atoms with E-state index >= 15 is 0 Å². The molecule has 0 amide bonds. The topological polar surface area (TPSA) is 56.5 Å². The number of rotatable bonds is 4. The first-order chi connectivity index (χ1) is 14.5. The van der Waals surface area contributed by atoms with E-state index in [2.05, 4.69) is 0 Å². The van der Waals surface area contributed by atoms with Crippen LogP contribution < -0.4 is 10.4 Å². The van der Waals surface area contributed by atoms with Gasteiger partial charge in [0.15, 0.2) is 0 Å². The van der Waals surface area contributed by atoms with Crippen LogP contribution in [0.4, 0.5) is 0 Å². The summed E-state index contributed by atoms with van der Waals surface area (Å²) < 4.78 is 10.9. The van der Waals surface area contributed by atoms with E-state index in [4.69, 9.17) is 9.15 Å².